The van der Waals surface area contributed by atoms with Crippen LogP contribution in [0.15, 0.2) is 42.3 Å². The summed E-state index contributed by atoms with van der Waals surface area (Å²) in [6, 6.07) is 9.03. The number of ketones is 1. The van der Waals surface area contributed by atoms with Crippen molar-refractivity contribution in [3.05, 3.63) is 59.0 Å². The smallest absolute Gasteiger partial charge is 0.414 e. The van der Waals surface area contributed by atoms with E-state index in [4.69, 9.17) is 14.2 Å². The molecular weight excluding hydrogens is 384 g/mol. The first-order valence-electron chi connectivity index (χ1n) is 9.40. The van der Waals surface area contributed by atoms with Crippen LogP contribution in [-0.2, 0) is 7.05 Å². The number of benzene rings is 2. The molecule has 0 saturated heterocycles. The Morgan fingerprint density at radius 3 is 2.67 bits per heavy atom. The van der Waals surface area contributed by atoms with Crippen LogP contribution in [-0.4, -0.2) is 42.5 Å². The van der Waals surface area contributed by atoms with Gasteiger partial charge in [-0.05, 0) is 43.3 Å². The van der Waals surface area contributed by atoms with Gasteiger partial charge >= 0.3 is 6.09 Å². The van der Waals surface area contributed by atoms with Crippen molar-refractivity contribution in [2.24, 2.45) is 7.05 Å². The molecule has 0 unspecified atom stereocenters. The fraction of sp³-hybridized carbons (Fsp3) is 0.217. The second-order valence-corrected chi connectivity index (χ2v) is 7.35. The fourth-order valence-corrected chi connectivity index (χ4v) is 3.45. The minimum absolute atomic E-state index is 0.210. The van der Waals surface area contributed by atoms with Gasteiger partial charge in [-0.3, -0.25) is 4.79 Å². The SMILES string of the molecule is COc1ccc2c(c1)c(/C=C1/Oc3c(ccc(OC(=O)N(C)C)c3C)C1=O)cn2C. The van der Waals surface area contributed by atoms with Crippen LogP contribution < -0.4 is 14.2 Å². The second-order valence-electron chi connectivity index (χ2n) is 7.35. The summed E-state index contributed by atoms with van der Waals surface area (Å²) in [6.45, 7) is 1.76. The normalized spacial score (nSPS) is 14.0. The van der Waals surface area contributed by atoms with Crippen LogP contribution in [0.3, 0.4) is 0 Å². The van der Waals surface area contributed by atoms with Crippen LogP contribution in [0.25, 0.3) is 17.0 Å². The van der Waals surface area contributed by atoms with Crippen molar-refractivity contribution in [3.63, 3.8) is 0 Å². The van der Waals surface area contributed by atoms with Gasteiger partial charge in [0.05, 0.1) is 12.7 Å². The third kappa shape index (κ3) is 3.18. The van der Waals surface area contributed by atoms with Crippen LogP contribution in [0.4, 0.5) is 4.79 Å². The quantitative estimate of drug-likeness (QED) is 0.611. The van der Waals surface area contributed by atoms with E-state index in [9.17, 15) is 9.59 Å². The molecule has 3 aromatic rings. The van der Waals surface area contributed by atoms with E-state index in [0.717, 1.165) is 22.2 Å². The Labute approximate surface area is 174 Å². The zero-order valence-corrected chi connectivity index (χ0v) is 17.5. The van der Waals surface area contributed by atoms with Crippen LogP contribution in [0.2, 0.25) is 0 Å². The zero-order valence-electron chi connectivity index (χ0n) is 17.5. The zero-order chi connectivity index (χ0) is 21.6. The molecule has 154 valence electrons. The van der Waals surface area contributed by atoms with Gasteiger partial charge in [0.25, 0.3) is 0 Å². The molecule has 1 aliphatic heterocycles. The lowest BCUT2D eigenvalue weighted by molar-refractivity contribution is 0.101. The van der Waals surface area contributed by atoms with Gasteiger partial charge in [-0.2, -0.15) is 0 Å². The molecule has 0 bridgehead atoms. The molecule has 0 fully saturated rings. The topological polar surface area (TPSA) is 70.0 Å². The molecule has 1 amide bonds. The lowest BCUT2D eigenvalue weighted by Gasteiger charge is -2.13. The van der Waals surface area contributed by atoms with Gasteiger partial charge in [0.1, 0.15) is 17.2 Å². The molecule has 2 heterocycles. The number of carbonyl (C=O) groups excluding carboxylic acids is 2. The molecule has 4 rings (SSSR count). The van der Waals surface area contributed by atoms with Crippen LogP contribution in [0, 0.1) is 6.92 Å². The number of aromatic nitrogens is 1. The third-order valence-electron chi connectivity index (χ3n) is 5.11. The molecule has 7 heteroatoms. The summed E-state index contributed by atoms with van der Waals surface area (Å²) in [5.74, 6) is 1.51. The maximum atomic E-state index is 12.9. The number of amides is 1. The minimum atomic E-state index is -0.497. The van der Waals surface area contributed by atoms with E-state index in [0.29, 0.717) is 22.6 Å². The van der Waals surface area contributed by atoms with Crippen LogP contribution in [0.5, 0.6) is 17.2 Å². The van der Waals surface area contributed by atoms with E-state index in [1.165, 1.54) is 4.90 Å². The number of methoxy groups -OCH3 is 1. The number of Topliss-reactive ketones (excluding diaryl/α,β-unsaturated/α-hetero) is 1. The van der Waals surface area contributed by atoms with Crippen molar-refractivity contribution in [2.75, 3.05) is 21.2 Å². The third-order valence-corrected chi connectivity index (χ3v) is 5.11. The predicted octanol–water partition coefficient (Wildman–Crippen LogP) is 4.17. The molecule has 30 heavy (non-hydrogen) atoms. The molecule has 7 nitrogen and oxygen atoms in total. The first-order valence-corrected chi connectivity index (χ1v) is 9.40. The molecule has 0 aliphatic carbocycles. The molecule has 0 N–H and O–H groups in total. The van der Waals surface area contributed by atoms with E-state index in [1.807, 2.05) is 36.0 Å². The summed E-state index contributed by atoms with van der Waals surface area (Å²) in [5, 5.41) is 0.953. The molecule has 0 saturated carbocycles. The lowest BCUT2D eigenvalue weighted by atomic mass is 10.1. The van der Waals surface area contributed by atoms with Gasteiger partial charge < -0.3 is 23.7 Å². The van der Waals surface area contributed by atoms with E-state index < -0.39 is 6.09 Å². The highest BCUT2D eigenvalue weighted by Gasteiger charge is 2.31. The Bertz CT molecular complexity index is 1220. The Morgan fingerprint density at radius 1 is 1.20 bits per heavy atom. The summed E-state index contributed by atoms with van der Waals surface area (Å²) in [6.07, 6.45) is 3.17. The number of rotatable bonds is 3. The maximum absolute atomic E-state index is 12.9. The first kappa shape index (κ1) is 19.6. The van der Waals surface area contributed by atoms with Crippen molar-refractivity contribution in [3.8, 4) is 17.2 Å². The monoisotopic (exact) mass is 406 g/mol. The number of hydrogen-bond donors (Lipinski definition) is 0. The number of carbonyl (C=O) groups is 2. The molecule has 0 radical (unpaired) electrons. The Hall–Kier alpha value is -3.74. The van der Waals surface area contributed by atoms with Crippen LogP contribution in [0.1, 0.15) is 21.5 Å². The Morgan fingerprint density at radius 2 is 1.97 bits per heavy atom. The van der Waals surface area contributed by atoms with Crippen LogP contribution >= 0.6 is 0 Å². The standard InChI is InChI=1S/C23H22N2O5/c1-13-19(30-23(27)24(2)3)9-7-16-21(26)20(29-22(13)16)10-14-12-25(4)18-8-6-15(28-5)11-17(14)18/h6-12H,1-5H3/b20-10+. The Kier molecular flexibility index (Phi) is 4.73. The van der Waals surface area contributed by atoms with Crippen molar-refractivity contribution in [2.45, 2.75) is 6.92 Å². The summed E-state index contributed by atoms with van der Waals surface area (Å²) in [5.41, 5.74) is 2.90. The maximum Gasteiger partial charge on any atom is 0.414 e. The van der Waals surface area contributed by atoms with Crippen molar-refractivity contribution >= 4 is 28.9 Å². The summed E-state index contributed by atoms with van der Waals surface area (Å²) >= 11 is 0. The van der Waals surface area contributed by atoms with Gasteiger partial charge in [-0.1, -0.05) is 0 Å². The number of fused-ring (bicyclic) bond motifs is 2. The molecule has 1 aliphatic rings. The largest absolute Gasteiger partial charge is 0.497 e. The highest BCUT2D eigenvalue weighted by Crippen LogP contribution is 2.40. The van der Waals surface area contributed by atoms with E-state index in [2.05, 4.69) is 0 Å². The molecule has 2 aromatic carbocycles. The van der Waals surface area contributed by atoms with E-state index in [1.54, 1.807) is 46.3 Å². The van der Waals surface area contributed by atoms with Gasteiger partial charge in [0.15, 0.2) is 5.76 Å². The van der Waals surface area contributed by atoms with E-state index in [-0.39, 0.29) is 11.5 Å². The number of allylic oxidation sites excluding steroid dienone is 1. The van der Waals surface area contributed by atoms with Gasteiger partial charge in [-0.15, -0.1) is 0 Å². The highest BCUT2D eigenvalue weighted by molar-refractivity contribution is 6.15. The van der Waals surface area contributed by atoms with Crippen molar-refractivity contribution < 1.29 is 23.8 Å². The fourth-order valence-electron chi connectivity index (χ4n) is 3.45. The van der Waals surface area contributed by atoms with E-state index >= 15 is 0 Å². The highest BCUT2D eigenvalue weighted by atomic mass is 16.6. The summed E-state index contributed by atoms with van der Waals surface area (Å²) in [4.78, 5) is 26.1. The minimum Gasteiger partial charge on any atom is -0.497 e. The average molecular weight is 406 g/mol. The van der Waals surface area contributed by atoms with Crippen molar-refractivity contribution in [1.82, 2.24) is 9.47 Å². The first-order chi connectivity index (χ1) is 14.3. The summed E-state index contributed by atoms with van der Waals surface area (Å²) in [7, 11) is 6.76. The number of ether oxygens (including phenoxy) is 3. The van der Waals surface area contributed by atoms with Gasteiger partial charge in [-0.25, -0.2) is 4.79 Å². The second kappa shape index (κ2) is 7.26. The molecule has 0 atom stereocenters. The van der Waals surface area contributed by atoms with Crippen molar-refractivity contribution in [1.29, 1.82) is 0 Å². The lowest BCUT2D eigenvalue weighted by Crippen LogP contribution is -2.25. The molecule has 0 spiro atoms. The van der Waals surface area contributed by atoms with Gasteiger partial charge in [0, 0.05) is 49.4 Å². The number of aryl methyl sites for hydroxylation is 1. The average Bonchev–Trinajstić information content (AvgIpc) is 3.21. The number of hydrogen-bond acceptors (Lipinski definition) is 5. The predicted molar refractivity (Wildman–Crippen MR) is 113 cm³/mol. The Balaban J connectivity index is 1.73. The number of nitrogens with zero attached hydrogens (tertiary/aromatic N) is 2. The molecular formula is C23H22N2O5. The molecule has 1 aromatic heterocycles. The summed E-state index contributed by atoms with van der Waals surface area (Å²) < 4.78 is 18.6. The van der Waals surface area contributed by atoms with Gasteiger partial charge in [0.2, 0.25) is 5.78 Å².